The van der Waals surface area contributed by atoms with Crippen LogP contribution in [0.25, 0.3) is 0 Å². The smallest absolute Gasteiger partial charge is 0.320 e. The van der Waals surface area contributed by atoms with Crippen LogP contribution in [0.2, 0.25) is 0 Å². The molecule has 1 unspecified atom stereocenters. The standard InChI is InChI=1S/C31H34Cl2N4O5/c1-20-7-11-22(12-8-20)27(28(34)38)31(36-30(40)35-23-13-9-21(2)10-14-23)24-5-3-4-6-25(24)37(29(31)39)19-26(41-17-15-32)42-18-16-33/h3-14,26-27H,15-19H2,1-2H3,(H2,34,38)(H2,35,36,40)/t27?,31-/m0/s1. The second kappa shape index (κ2) is 14.0. The molecule has 2 atom stereocenters. The zero-order valence-corrected chi connectivity index (χ0v) is 25.0. The molecule has 222 valence electrons. The van der Waals surface area contributed by atoms with Gasteiger partial charge in [0.1, 0.15) is 0 Å². The fourth-order valence-electron chi connectivity index (χ4n) is 5.15. The van der Waals surface area contributed by atoms with Crippen molar-refractivity contribution in [3.63, 3.8) is 0 Å². The Labute approximate surface area is 255 Å². The number of fused-ring (bicyclic) bond motifs is 1. The second-order valence-electron chi connectivity index (χ2n) is 9.98. The Hall–Kier alpha value is -3.63. The number of para-hydroxylation sites is 1. The molecular formula is C31H34Cl2N4O5. The van der Waals surface area contributed by atoms with Gasteiger partial charge in [-0.3, -0.25) is 9.59 Å². The Morgan fingerprint density at radius 2 is 1.48 bits per heavy atom. The number of carbonyl (C=O) groups excluding carboxylic acids is 3. The highest BCUT2D eigenvalue weighted by molar-refractivity contribution is 6.18. The number of rotatable bonds is 13. The minimum atomic E-state index is -1.89. The van der Waals surface area contributed by atoms with Crippen LogP contribution in [-0.4, -0.2) is 55.7 Å². The van der Waals surface area contributed by atoms with Gasteiger partial charge in [-0.1, -0.05) is 65.7 Å². The van der Waals surface area contributed by atoms with Crippen LogP contribution in [0.15, 0.2) is 72.8 Å². The minimum Gasteiger partial charge on any atom is -0.369 e. The number of ether oxygens (including phenoxy) is 2. The van der Waals surface area contributed by atoms with Gasteiger partial charge in [0.2, 0.25) is 5.91 Å². The molecule has 4 amide bonds. The lowest BCUT2D eigenvalue weighted by molar-refractivity contribution is -0.138. The molecule has 11 heteroatoms. The Bertz CT molecular complexity index is 1400. The SMILES string of the molecule is Cc1ccc(NC(=O)N[C@@]2(C(C(N)=O)c3ccc(C)cc3)C(=O)N(CC(OCCCl)OCCCl)c3ccccc32)cc1. The number of aryl methyl sites for hydroxylation is 2. The Morgan fingerprint density at radius 3 is 2.05 bits per heavy atom. The molecule has 1 aliphatic heterocycles. The van der Waals surface area contributed by atoms with E-state index in [2.05, 4.69) is 10.6 Å². The molecule has 0 radical (unpaired) electrons. The average Bonchev–Trinajstić information content (AvgIpc) is 3.19. The second-order valence-corrected chi connectivity index (χ2v) is 10.7. The quantitative estimate of drug-likeness (QED) is 0.189. The molecule has 0 saturated carbocycles. The Morgan fingerprint density at radius 1 is 0.905 bits per heavy atom. The number of amides is 4. The predicted molar refractivity (Wildman–Crippen MR) is 164 cm³/mol. The largest absolute Gasteiger partial charge is 0.369 e. The van der Waals surface area contributed by atoms with Crippen LogP contribution >= 0.6 is 23.2 Å². The number of nitrogens with zero attached hydrogens (tertiary/aromatic N) is 1. The first-order chi connectivity index (χ1) is 20.2. The molecule has 0 aliphatic carbocycles. The number of anilines is 2. The third-order valence-electron chi connectivity index (χ3n) is 7.04. The zero-order valence-electron chi connectivity index (χ0n) is 23.4. The molecule has 9 nitrogen and oxygen atoms in total. The fraction of sp³-hybridized carbons (Fsp3) is 0.323. The molecule has 0 saturated heterocycles. The van der Waals surface area contributed by atoms with E-state index < -0.39 is 35.6 Å². The van der Waals surface area contributed by atoms with E-state index in [1.54, 1.807) is 48.5 Å². The molecule has 3 aromatic carbocycles. The number of nitrogens with one attached hydrogen (secondary N) is 2. The van der Waals surface area contributed by atoms with Gasteiger partial charge in [-0.25, -0.2) is 4.79 Å². The lowest BCUT2D eigenvalue weighted by Crippen LogP contribution is -2.60. The maximum Gasteiger partial charge on any atom is 0.320 e. The molecule has 0 aromatic heterocycles. The summed E-state index contributed by atoms with van der Waals surface area (Å²) in [5.41, 5.74) is 8.01. The van der Waals surface area contributed by atoms with E-state index in [4.69, 9.17) is 38.4 Å². The lowest BCUT2D eigenvalue weighted by atomic mass is 9.74. The van der Waals surface area contributed by atoms with E-state index in [0.717, 1.165) is 11.1 Å². The summed E-state index contributed by atoms with van der Waals surface area (Å²) in [6, 6.07) is 20.6. The van der Waals surface area contributed by atoms with Crippen molar-refractivity contribution in [3.8, 4) is 0 Å². The Kier molecular flexibility index (Phi) is 10.5. The number of primary amides is 1. The number of halogens is 2. The van der Waals surface area contributed by atoms with Gasteiger partial charge in [-0.05, 0) is 37.6 Å². The van der Waals surface area contributed by atoms with E-state index in [-0.39, 0.29) is 31.5 Å². The summed E-state index contributed by atoms with van der Waals surface area (Å²) in [4.78, 5) is 43.1. The van der Waals surface area contributed by atoms with Gasteiger partial charge in [-0.15, -0.1) is 23.2 Å². The van der Waals surface area contributed by atoms with Gasteiger partial charge in [0, 0.05) is 23.0 Å². The fourth-order valence-corrected chi connectivity index (χ4v) is 5.33. The van der Waals surface area contributed by atoms with Crippen LogP contribution in [0.3, 0.4) is 0 Å². The third-order valence-corrected chi connectivity index (χ3v) is 7.35. The van der Waals surface area contributed by atoms with Gasteiger partial charge in [-0.2, -0.15) is 0 Å². The molecule has 4 rings (SSSR count). The maximum absolute atomic E-state index is 14.7. The van der Waals surface area contributed by atoms with Crippen LogP contribution in [0.5, 0.6) is 0 Å². The molecule has 4 N–H and O–H groups in total. The van der Waals surface area contributed by atoms with E-state index in [1.165, 1.54) is 4.90 Å². The van der Waals surface area contributed by atoms with Crippen molar-refractivity contribution >= 4 is 52.4 Å². The van der Waals surface area contributed by atoms with E-state index >= 15 is 0 Å². The number of nitrogens with two attached hydrogens (primary N) is 1. The molecule has 42 heavy (non-hydrogen) atoms. The molecule has 1 heterocycles. The molecule has 0 bridgehead atoms. The van der Waals surface area contributed by atoms with Crippen LogP contribution in [0.1, 0.15) is 28.2 Å². The van der Waals surface area contributed by atoms with Crippen molar-refractivity contribution in [2.24, 2.45) is 5.73 Å². The number of benzene rings is 3. The lowest BCUT2D eigenvalue weighted by Gasteiger charge is -2.36. The molecular weight excluding hydrogens is 579 g/mol. The van der Waals surface area contributed by atoms with Crippen molar-refractivity contribution in [2.45, 2.75) is 31.6 Å². The minimum absolute atomic E-state index is 0.0496. The van der Waals surface area contributed by atoms with Crippen LogP contribution in [0, 0.1) is 13.8 Å². The topological polar surface area (TPSA) is 123 Å². The van der Waals surface area contributed by atoms with Gasteiger partial charge in [0.25, 0.3) is 5.91 Å². The van der Waals surface area contributed by atoms with E-state index in [0.29, 0.717) is 22.5 Å². The van der Waals surface area contributed by atoms with Crippen molar-refractivity contribution in [1.82, 2.24) is 5.32 Å². The van der Waals surface area contributed by atoms with Crippen LogP contribution in [0.4, 0.5) is 16.2 Å². The Balaban J connectivity index is 1.83. The highest BCUT2D eigenvalue weighted by Gasteiger charge is 2.59. The monoisotopic (exact) mass is 612 g/mol. The van der Waals surface area contributed by atoms with Crippen molar-refractivity contribution in [1.29, 1.82) is 0 Å². The van der Waals surface area contributed by atoms with E-state index in [1.807, 2.05) is 38.1 Å². The summed E-state index contributed by atoms with van der Waals surface area (Å²) in [5.74, 6) is -2.18. The van der Waals surface area contributed by atoms with E-state index in [9.17, 15) is 14.4 Å². The highest BCUT2D eigenvalue weighted by atomic mass is 35.5. The third kappa shape index (κ3) is 6.71. The number of hydrogen-bond donors (Lipinski definition) is 3. The normalized spacial score (nSPS) is 16.8. The highest BCUT2D eigenvalue weighted by Crippen LogP contribution is 2.48. The van der Waals surface area contributed by atoms with Gasteiger partial charge < -0.3 is 30.7 Å². The predicted octanol–water partition coefficient (Wildman–Crippen LogP) is 4.77. The van der Waals surface area contributed by atoms with Crippen LogP contribution in [-0.2, 0) is 24.6 Å². The number of carbonyl (C=O) groups is 3. The summed E-state index contributed by atoms with van der Waals surface area (Å²) < 4.78 is 11.5. The van der Waals surface area contributed by atoms with Crippen LogP contribution < -0.4 is 21.3 Å². The number of urea groups is 1. The first kappa shape index (κ1) is 31.3. The van der Waals surface area contributed by atoms with Gasteiger partial charge in [0.15, 0.2) is 11.8 Å². The molecule has 3 aromatic rings. The summed E-state index contributed by atoms with van der Waals surface area (Å²) >= 11 is 11.7. The number of hydrogen-bond acceptors (Lipinski definition) is 5. The molecule has 0 fully saturated rings. The number of alkyl halides is 2. The van der Waals surface area contributed by atoms with Gasteiger partial charge >= 0.3 is 6.03 Å². The molecule has 1 aliphatic rings. The first-order valence-electron chi connectivity index (χ1n) is 13.5. The van der Waals surface area contributed by atoms with Crippen molar-refractivity contribution in [3.05, 3.63) is 95.1 Å². The van der Waals surface area contributed by atoms with Gasteiger partial charge in [0.05, 0.1) is 31.4 Å². The summed E-state index contributed by atoms with van der Waals surface area (Å²) in [6.45, 7) is 4.14. The first-order valence-corrected chi connectivity index (χ1v) is 14.6. The van der Waals surface area contributed by atoms with Crippen molar-refractivity contribution < 1.29 is 23.9 Å². The average molecular weight is 614 g/mol. The molecule has 0 spiro atoms. The summed E-state index contributed by atoms with van der Waals surface area (Å²) in [5, 5.41) is 5.67. The maximum atomic E-state index is 14.7. The van der Waals surface area contributed by atoms with Crippen molar-refractivity contribution in [2.75, 3.05) is 41.7 Å². The summed E-state index contributed by atoms with van der Waals surface area (Å²) in [6.07, 6.45) is -0.872. The summed E-state index contributed by atoms with van der Waals surface area (Å²) in [7, 11) is 0. The zero-order chi connectivity index (χ0) is 30.3.